The van der Waals surface area contributed by atoms with E-state index in [0.717, 1.165) is 12.8 Å². The maximum Gasteiger partial charge on any atom is 0.272 e. The van der Waals surface area contributed by atoms with Gasteiger partial charge in [-0.25, -0.2) is 4.39 Å². The molecule has 3 nitrogen and oxygen atoms in total. The van der Waals surface area contributed by atoms with Crippen molar-refractivity contribution >= 4 is 17.5 Å². The van der Waals surface area contributed by atoms with Crippen LogP contribution in [0.1, 0.15) is 28.9 Å². The molecule has 1 aliphatic carbocycles. The van der Waals surface area contributed by atoms with Crippen molar-refractivity contribution < 1.29 is 9.18 Å². The molecule has 5 heteroatoms. The fraction of sp³-hybridized carbons (Fsp3) is 0.250. The molecule has 3 rings (SSSR count). The maximum atomic E-state index is 13.9. The number of halogens is 2. The van der Waals surface area contributed by atoms with Crippen molar-refractivity contribution in [1.82, 2.24) is 9.88 Å². The van der Waals surface area contributed by atoms with Gasteiger partial charge in [0.05, 0.1) is 6.54 Å². The van der Waals surface area contributed by atoms with Crippen LogP contribution in [0.25, 0.3) is 0 Å². The van der Waals surface area contributed by atoms with Crippen molar-refractivity contribution in [2.45, 2.75) is 25.4 Å². The van der Waals surface area contributed by atoms with Crippen LogP contribution in [0.2, 0.25) is 5.02 Å². The van der Waals surface area contributed by atoms with Gasteiger partial charge in [0.1, 0.15) is 11.5 Å². The predicted octanol–water partition coefficient (Wildman–Crippen LogP) is 3.68. The zero-order chi connectivity index (χ0) is 14.8. The lowest BCUT2D eigenvalue weighted by Gasteiger charge is -2.23. The van der Waals surface area contributed by atoms with Crippen LogP contribution in [0.5, 0.6) is 0 Å². The molecule has 0 aliphatic heterocycles. The van der Waals surface area contributed by atoms with E-state index in [1.54, 1.807) is 41.4 Å². The molecule has 0 spiro atoms. The molecule has 1 saturated carbocycles. The number of hydrogen-bond acceptors (Lipinski definition) is 2. The Morgan fingerprint density at radius 3 is 2.71 bits per heavy atom. The van der Waals surface area contributed by atoms with Crippen molar-refractivity contribution in [3.63, 3.8) is 0 Å². The molecule has 0 unspecified atom stereocenters. The van der Waals surface area contributed by atoms with Gasteiger partial charge in [-0.2, -0.15) is 0 Å². The van der Waals surface area contributed by atoms with Gasteiger partial charge in [-0.3, -0.25) is 9.78 Å². The molecule has 1 heterocycles. The highest BCUT2D eigenvalue weighted by molar-refractivity contribution is 6.31. The molecule has 0 bridgehead atoms. The summed E-state index contributed by atoms with van der Waals surface area (Å²) >= 11 is 6.06. The van der Waals surface area contributed by atoms with Crippen LogP contribution in [0.4, 0.5) is 4.39 Å². The van der Waals surface area contributed by atoms with Gasteiger partial charge >= 0.3 is 0 Å². The minimum atomic E-state index is -0.387. The molecule has 1 aromatic heterocycles. The smallest absolute Gasteiger partial charge is 0.272 e. The van der Waals surface area contributed by atoms with E-state index < -0.39 is 0 Å². The van der Waals surface area contributed by atoms with E-state index >= 15 is 0 Å². The number of aromatic nitrogens is 1. The van der Waals surface area contributed by atoms with E-state index in [0.29, 0.717) is 16.3 Å². The quantitative estimate of drug-likeness (QED) is 0.863. The zero-order valence-corrected chi connectivity index (χ0v) is 12.1. The van der Waals surface area contributed by atoms with Crippen LogP contribution in [0.3, 0.4) is 0 Å². The topological polar surface area (TPSA) is 33.2 Å². The average Bonchev–Trinajstić information content (AvgIpc) is 3.32. The van der Waals surface area contributed by atoms with Gasteiger partial charge in [-0.15, -0.1) is 0 Å². The van der Waals surface area contributed by atoms with Crippen molar-refractivity contribution in [3.05, 3.63) is 64.7 Å². The van der Waals surface area contributed by atoms with Gasteiger partial charge < -0.3 is 4.90 Å². The number of hydrogen-bond donors (Lipinski definition) is 0. The fourth-order valence-corrected chi connectivity index (χ4v) is 2.47. The standard InChI is InChI=1S/C16H14ClFN2O/c17-13-4-3-5-14(18)12(13)10-20(11-7-8-11)16(21)15-6-1-2-9-19-15/h1-6,9,11H,7-8,10H2. The van der Waals surface area contributed by atoms with Gasteiger partial charge in [0.15, 0.2) is 0 Å². The van der Waals surface area contributed by atoms with Gasteiger partial charge in [0.2, 0.25) is 0 Å². The third kappa shape index (κ3) is 3.05. The predicted molar refractivity (Wildman–Crippen MR) is 78.5 cm³/mol. The Morgan fingerprint density at radius 1 is 1.29 bits per heavy atom. The van der Waals surface area contributed by atoms with E-state index in [9.17, 15) is 9.18 Å². The summed E-state index contributed by atoms with van der Waals surface area (Å²) in [5, 5.41) is 0.342. The second-order valence-electron chi connectivity index (χ2n) is 5.08. The first-order valence-electron chi connectivity index (χ1n) is 6.81. The first kappa shape index (κ1) is 14.0. The van der Waals surface area contributed by atoms with Crippen molar-refractivity contribution in [2.75, 3.05) is 0 Å². The Bertz CT molecular complexity index is 638. The summed E-state index contributed by atoms with van der Waals surface area (Å²) in [6, 6.07) is 9.89. The van der Waals surface area contributed by atoms with E-state index in [1.807, 2.05) is 0 Å². The van der Waals surface area contributed by atoms with E-state index in [2.05, 4.69) is 4.98 Å². The number of amides is 1. The number of carbonyl (C=O) groups excluding carboxylic acids is 1. The molecule has 0 N–H and O–H groups in total. The number of benzene rings is 1. The Kier molecular flexibility index (Phi) is 3.88. The molecule has 0 atom stereocenters. The molecular weight excluding hydrogens is 291 g/mol. The van der Waals surface area contributed by atoms with E-state index in [-0.39, 0.29) is 24.3 Å². The lowest BCUT2D eigenvalue weighted by molar-refractivity contribution is 0.0722. The van der Waals surface area contributed by atoms with E-state index in [1.165, 1.54) is 6.07 Å². The Hall–Kier alpha value is -1.94. The van der Waals surface area contributed by atoms with Gasteiger partial charge in [0.25, 0.3) is 5.91 Å². The Morgan fingerprint density at radius 2 is 2.10 bits per heavy atom. The zero-order valence-electron chi connectivity index (χ0n) is 11.3. The van der Waals surface area contributed by atoms with Crippen molar-refractivity contribution in [2.24, 2.45) is 0 Å². The summed E-state index contributed by atoms with van der Waals surface area (Å²) in [5.41, 5.74) is 0.729. The molecule has 1 aromatic carbocycles. The highest BCUT2D eigenvalue weighted by Crippen LogP contribution is 2.31. The molecule has 1 fully saturated rings. The molecule has 2 aromatic rings. The first-order chi connectivity index (χ1) is 10.2. The monoisotopic (exact) mass is 304 g/mol. The summed E-state index contributed by atoms with van der Waals surface area (Å²) in [4.78, 5) is 18.3. The minimum Gasteiger partial charge on any atom is -0.330 e. The fourth-order valence-electron chi connectivity index (χ4n) is 2.24. The van der Waals surface area contributed by atoms with Crippen molar-refractivity contribution in [3.8, 4) is 0 Å². The highest BCUT2D eigenvalue weighted by Gasteiger charge is 2.34. The lowest BCUT2D eigenvalue weighted by atomic mass is 10.2. The molecular formula is C16H14ClFN2O. The molecule has 1 amide bonds. The van der Waals surface area contributed by atoms with Crippen molar-refractivity contribution in [1.29, 1.82) is 0 Å². The third-order valence-electron chi connectivity index (χ3n) is 3.52. The minimum absolute atomic E-state index is 0.148. The summed E-state index contributed by atoms with van der Waals surface area (Å²) < 4.78 is 13.9. The van der Waals surface area contributed by atoms with Gasteiger partial charge in [0, 0.05) is 22.8 Å². The molecule has 1 aliphatic rings. The Balaban J connectivity index is 1.88. The number of carbonyl (C=O) groups is 1. The van der Waals surface area contributed by atoms with Gasteiger partial charge in [-0.1, -0.05) is 23.7 Å². The maximum absolute atomic E-state index is 13.9. The SMILES string of the molecule is O=C(c1ccccn1)N(Cc1c(F)cccc1Cl)C1CC1. The largest absolute Gasteiger partial charge is 0.330 e. The number of rotatable bonds is 4. The molecule has 0 radical (unpaired) electrons. The second kappa shape index (κ2) is 5.82. The number of pyridine rings is 1. The van der Waals surface area contributed by atoms with Crippen LogP contribution >= 0.6 is 11.6 Å². The second-order valence-corrected chi connectivity index (χ2v) is 5.49. The molecule has 108 valence electrons. The summed E-state index contributed by atoms with van der Waals surface area (Å²) in [6.45, 7) is 0.172. The Labute approximate surface area is 127 Å². The third-order valence-corrected chi connectivity index (χ3v) is 3.88. The van der Waals surface area contributed by atoms with Crippen LogP contribution in [-0.4, -0.2) is 21.8 Å². The number of nitrogens with zero attached hydrogens (tertiary/aromatic N) is 2. The van der Waals surface area contributed by atoms with Gasteiger partial charge in [-0.05, 0) is 37.1 Å². The van der Waals surface area contributed by atoms with E-state index in [4.69, 9.17) is 11.6 Å². The van der Waals surface area contributed by atoms with Crippen LogP contribution < -0.4 is 0 Å². The normalized spacial score (nSPS) is 14.0. The first-order valence-corrected chi connectivity index (χ1v) is 7.19. The van der Waals surface area contributed by atoms with Crippen LogP contribution in [0.15, 0.2) is 42.6 Å². The molecule has 21 heavy (non-hydrogen) atoms. The highest BCUT2D eigenvalue weighted by atomic mass is 35.5. The lowest BCUT2D eigenvalue weighted by Crippen LogP contribution is -2.33. The average molecular weight is 305 g/mol. The van der Waals surface area contributed by atoms with Crippen LogP contribution in [-0.2, 0) is 6.54 Å². The summed E-state index contributed by atoms with van der Waals surface area (Å²) in [7, 11) is 0. The summed E-state index contributed by atoms with van der Waals surface area (Å²) in [6.07, 6.45) is 3.45. The molecule has 0 saturated heterocycles. The van der Waals surface area contributed by atoms with Crippen LogP contribution in [0, 0.1) is 5.82 Å². The summed E-state index contributed by atoms with van der Waals surface area (Å²) in [5.74, 6) is -0.570.